The fourth-order valence-corrected chi connectivity index (χ4v) is 2.59. The van der Waals surface area contributed by atoms with Crippen LogP contribution in [0.25, 0.3) is 0 Å². The van der Waals surface area contributed by atoms with Crippen LogP contribution in [0.1, 0.15) is 39.0 Å². The Morgan fingerprint density at radius 2 is 1.93 bits per heavy atom. The smallest absolute Gasteiger partial charge is 0.324 e. The van der Waals surface area contributed by atoms with Gasteiger partial charge in [0, 0.05) is 6.04 Å². The number of hydrogen-bond acceptors (Lipinski definition) is 2. The molecule has 5 heteroatoms. The van der Waals surface area contributed by atoms with Crippen molar-refractivity contribution in [2.24, 2.45) is 5.92 Å². The second-order valence-electron chi connectivity index (χ2n) is 4.21. The minimum atomic E-state index is -3.88. The van der Waals surface area contributed by atoms with Gasteiger partial charge in [-0.3, -0.25) is 4.57 Å². The standard InChI is InChI=1S/C9H20NO3P/c1-8(10-7-14(11,12)13)9-5-3-2-4-6-9/h8-10H,2-7H2,1H3,(H2,11,12,13). The highest BCUT2D eigenvalue weighted by Gasteiger charge is 2.22. The molecule has 0 aromatic carbocycles. The van der Waals surface area contributed by atoms with Crippen molar-refractivity contribution >= 4 is 7.60 Å². The van der Waals surface area contributed by atoms with E-state index in [4.69, 9.17) is 9.79 Å². The lowest BCUT2D eigenvalue weighted by atomic mass is 9.85. The van der Waals surface area contributed by atoms with Gasteiger partial charge in [0.05, 0.1) is 6.29 Å². The molecule has 1 unspecified atom stereocenters. The molecule has 0 aromatic heterocycles. The summed E-state index contributed by atoms with van der Waals surface area (Å²) in [5, 5.41) is 2.93. The SMILES string of the molecule is CC(NCP(=O)(O)O)C1CCCCC1. The largest absolute Gasteiger partial charge is 0.339 e. The maximum absolute atomic E-state index is 10.7. The van der Waals surface area contributed by atoms with Gasteiger partial charge in [0.1, 0.15) is 0 Å². The molecule has 1 aliphatic carbocycles. The maximum Gasteiger partial charge on any atom is 0.339 e. The van der Waals surface area contributed by atoms with Crippen molar-refractivity contribution in [1.82, 2.24) is 5.32 Å². The lowest BCUT2D eigenvalue weighted by Gasteiger charge is -2.28. The molecule has 1 aliphatic rings. The Bertz CT molecular complexity index is 210. The first-order valence-corrected chi connectivity index (χ1v) is 7.07. The Morgan fingerprint density at radius 1 is 1.36 bits per heavy atom. The zero-order valence-corrected chi connectivity index (χ0v) is 9.54. The topological polar surface area (TPSA) is 69.6 Å². The molecule has 0 radical (unpaired) electrons. The number of nitrogens with one attached hydrogen (secondary N) is 1. The highest BCUT2D eigenvalue weighted by Crippen LogP contribution is 2.33. The second-order valence-corrected chi connectivity index (χ2v) is 5.86. The molecule has 0 heterocycles. The highest BCUT2D eigenvalue weighted by molar-refractivity contribution is 7.51. The quantitative estimate of drug-likeness (QED) is 0.632. The van der Waals surface area contributed by atoms with Crippen LogP contribution in [0.2, 0.25) is 0 Å². The molecular weight excluding hydrogens is 201 g/mol. The van der Waals surface area contributed by atoms with E-state index in [0.717, 1.165) is 0 Å². The molecule has 1 rings (SSSR count). The third-order valence-electron chi connectivity index (χ3n) is 2.98. The summed E-state index contributed by atoms with van der Waals surface area (Å²) in [5.74, 6) is 0.593. The van der Waals surface area contributed by atoms with Gasteiger partial charge >= 0.3 is 7.60 Å². The minimum absolute atomic E-state index is 0.190. The van der Waals surface area contributed by atoms with Crippen molar-refractivity contribution in [2.45, 2.75) is 45.1 Å². The molecule has 4 nitrogen and oxygen atoms in total. The van der Waals surface area contributed by atoms with Crippen LogP contribution in [0.4, 0.5) is 0 Å². The predicted molar refractivity (Wildman–Crippen MR) is 56.1 cm³/mol. The lowest BCUT2D eigenvalue weighted by Crippen LogP contribution is -2.35. The molecule has 0 bridgehead atoms. The molecule has 0 aliphatic heterocycles. The van der Waals surface area contributed by atoms with E-state index < -0.39 is 7.60 Å². The van der Waals surface area contributed by atoms with Crippen molar-refractivity contribution in [3.63, 3.8) is 0 Å². The van der Waals surface area contributed by atoms with Gasteiger partial charge in [-0.2, -0.15) is 0 Å². The second kappa shape index (κ2) is 5.26. The van der Waals surface area contributed by atoms with Crippen LogP contribution in [-0.2, 0) is 4.57 Å². The Balaban J connectivity index is 2.26. The fraction of sp³-hybridized carbons (Fsp3) is 1.00. The van der Waals surface area contributed by atoms with Crippen LogP contribution in [0.3, 0.4) is 0 Å². The summed E-state index contributed by atoms with van der Waals surface area (Å²) >= 11 is 0. The first kappa shape index (κ1) is 12.2. The molecule has 0 amide bonds. The van der Waals surface area contributed by atoms with Gasteiger partial charge in [0.25, 0.3) is 0 Å². The molecule has 1 atom stereocenters. The van der Waals surface area contributed by atoms with E-state index in [-0.39, 0.29) is 12.3 Å². The fourth-order valence-electron chi connectivity index (χ4n) is 2.06. The van der Waals surface area contributed by atoms with E-state index in [9.17, 15) is 4.57 Å². The van der Waals surface area contributed by atoms with Gasteiger partial charge in [-0.05, 0) is 25.7 Å². The number of hydrogen-bond donors (Lipinski definition) is 3. The van der Waals surface area contributed by atoms with Crippen LogP contribution < -0.4 is 5.32 Å². The van der Waals surface area contributed by atoms with Crippen molar-refractivity contribution in [1.29, 1.82) is 0 Å². The Labute approximate surface area is 85.3 Å². The first-order valence-electron chi connectivity index (χ1n) is 5.27. The predicted octanol–water partition coefficient (Wildman–Crippen LogP) is 1.68. The summed E-state index contributed by atoms with van der Waals surface area (Å²) in [6.45, 7) is 2.02. The Hall–Kier alpha value is 0.110. The highest BCUT2D eigenvalue weighted by atomic mass is 31.2. The third-order valence-corrected chi connectivity index (χ3v) is 3.57. The molecule has 0 aromatic rings. The summed E-state index contributed by atoms with van der Waals surface area (Å²) in [6.07, 6.45) is 6.01. The van der Waals surface area contributed by atoms with Crippen LogP contribution in [0, 0.1) is 5.92 Å². The molecule has 1 fully saturated rings. The molecular formula is C9H20NO3P. The van der Waals surface area contributed by atoms with Crippen molar-refractivity contribution < 1.29 is 14.4 Å². The maximum atomic E-state index is 10.7. The summed E-state index contributed by atoms with van der Waals surface area (Å²) in [7, 11) is -3.88. The molecule has 14 heavy (non-hydrogen) atoms. The van der Waals surface area contributed by atoms with Gasteiger partial charge in [0.2, 0.25) is 0 Å². The van der Waals surface area contributed by atoms with Crippen LogP contribution in [0.5, 0.6) is 0 Å². The van der Waals surface area contributed by atoms with E-state index >= 15 is 0 Å². The minimum Gasteiger partial charge on any atom is -0.324 e. The van der Waals surface area contributed by atoms with Crippen molar-refractivity contribution in [3.8, 4) is 0 Å². The van der Waals surface area contributed by atoms with Gasteiger partial charge in [-0.15, -0.1) is 0 Å². The normalized spacial score (nSPS) is 22.2. The van der Waals surface area contributed by atoms with E-state index in [1.807, 2.05) is 6.92 Å². The summed E-state index contributed by atoms with van der Waals surface area (Å²) < 4.78 is 10.7. The zero-order chi connectivity index (χ0) is 10.6. The summed E-state index contributed by atoms with van der Waals surface area (Å²) in [5.41, 5.74) is 0. The molecule has 3 N–H and O–H groups in total. The number of rotatable bonds is 4. The molecule has 84 valence electrons. The van der Waals surface area contributed by atoms with E-state index in [2.05, 4.69) is 5.32 Å². The third kappa shape index (κ3) is 4.56. The van der Waals surface area contributed by atoms with E-state index in [1.54, 1.807) is 0 Å². The summed E-state index contributed by atoms with van der Waals surface area (Å²) in [4.78, 5) is 17.4. The molecule has 0 saturated heterocycles. The van der Waals surface area contributed by atoms with Crippen LogP contribution in [0.15, 0.2) is 0 Å². The van der Waals surface area contributed by atoms with Gasteiger partial charge in [0.15, 0.2) is 0 Å². The first-order chi connectivity index (χ1) is 6.49. The Kier molecular flexibility index (Phi) is 4.58. The summed E-state index contributed by atoms with van der Waals surface area (Å²) in [6, 6.07) is 0.225. The van der Waals surface area contributed by atoms with E-state index in [0.29, 0.717) is 5.92 Å². The zero-order valence-electron chi connectivity index (χ0n) is 8.65. The Morgan fingerprint density at radius 3 is 2.43 bits per heavy atom. The van der Waals surface area contributed by atoms with E-state index in [1.165, 1.54) is 32.1 Å². The average molecular weight is 221 g/mol. The van der Waals surface area contributed by atoms with Crippen molar-refractivity contribution in [2.75, 3.05) is 6.29 Å². The monoisotopic (exact) mass is 221 g/mol. The van der Waals surface area contributed by atoms with Gasteiger partial charge in [-0.1, -0.05) is 19.3 Å². The molecule has 0 spiro atoms. The van der Waals surface area contributed by atoms with Gasteiger partial charge in [-0.25, -0.2) is 0 Å². The average Bonchev–Trinajstić information content (AvgIpc) is 2.14. The van der Waals surface area contributed by atoms with Crippen LogP contribution in [-0.4, -0.2) is 22.1 Å². The van der Waals surface area contributed by atoms with Crippen molar-refractivity contribution in [3.05, 3.63) is 0 Å². The lowest BCUT2D eigenvalue weighted by molar-refractivity contribution is 0.282. The van der Waals surface area contributed by atoms with Gasteiger partial charge < -0.3 is 15.1 Å². The van der Waals surface area contributed by atoms with Crippen LogP contribution >= 0.6 is 7.60 Å². The molecule has 1 saturated carbocycles.